The minimum absolute atomic E-state index is 0.0604. The maximum Gasteiger partial charge on any atom is 0.308 e. The Labute approximate surface area is 230 Å². The second kappa shape index (κ2) is 13.5. The van der Waals surface area contributed by atoms with Gasteiger partial charge in [-0.25, -0.2) is 0 Å². The number of aryl methyl sites for hydroxylation is 1. The lowest BCUT2D eigenvalue weighted by molar-refractivity contribution is -0.156. The molecule has 208 valence electrons. The Bertz CT molecular complexity index is 1160. The number of ether oxygens (including phenoxy) is 2. The SMILES string of the molecule is COc1ccc(-c2nc(C)no2)cc1CC(=O)N[C@H](C(=O)N[C@@H](CC(=O)OC(C)(C)C)C(=O)CBr)C(C)C. The van der Waals surface area contributed by atoms with Crippen molar-refractivity contribution in [3.63, 3.8) is 0 Å². The monoisotopic (exact) mass is 594 g/mol. The van der Waals surface area contributed by atoms with Gasteiger partial charge in [0.25, 0.3) is 5.89 Å². The van der Waals surface area contributed by atoms with Gasteiger partial charge in [-0.15, -0.1) is 0 Å². The number of nitrogens with zero attached hydrogens (tertiary/aromatic N) is 2. The predicted molar refractivity (Wildman–Crippen MR) is 143 cm³/mol. The molecule has 2 N–H and O–H groups in total. The number of alkyl halides is 1. The molecule has 0 radical (unpaired) electrons. The average molecular weight is 595 g/mol. The summed E-state index contributed by atoms with van der Waals surface area (Å²) in [5, 5.41) is 9.06. The van der Waals surface area contributed by atoms with E-state index in [4.69, 9.17) is 14.0 Å². The standard InChI is InChI=1S/C26H35BrN4O7/c1-14(2)23(24(35)29-18(19(32)13-27)12-22(34)37-26(4,5)6)30-21(33)11-17-10-16(8-9-20(17)36-7)25-28-15(3)31-38-25/h8-10,14,18,23H,11-13H2,1-7H3,(H,29,35)(H,30,33)/t18-,23-/m0/s1. The Balaban J connectivity index is 2.16. The number of carbonyl (C=O) groups excluding carboxylic acids is 4. The summed E-state index contributed by atoms with van der Waals surface area (Å²) in [5.74, 6) is -1.09. The van der Waals surface area contributed by atoms with Crippen LogP contribution in [0.2, 0.25) is 0 Å². The van der Waals surface area contributed by atoms with Crippen molar-refractivity contribution in [3.05, 3.63) is 29.6 Å². The fraction of sp³-hybridized carbons (Fsp3) is 0.538. The van der Waals surface area contributed by atoms with Gasteiger partial charge in [-0.1, -0.05) is 34.9 Å². The van der Waals surface area contributed by atoms with Crippen LogP contribution >= 0.6 is 15.9 Å². The molecule has 0 aliphatic rings. The number of nitrogens with one attached hydrogen (secondary N) is 2. The van der Waals surface area contributed by atoms with Crippen LogP contribution in [0, 0.1) is 12.8 Å². The number of amides is 2. The third kappa shape index (κ3) is 9.23. The minimum atomic E-state index is -1.11. The molecule has 0 bridgehead atoms. The molecule has 1 aromatic heterocycles. The van der Waals surface area contributed by atoms with E-state index in [1.807, 2.05) is 0 Å². The first-order valence-electron chi connectivity index (χ1n) is 12.1. The molecular formula is C26H35BrN4O7. The summed E-state index contributed by atoms with van der Waals surface area (Å²) in [7, 11) is 1.49. The van der Waals surface area contributed by atoms with E-state index in [1.165, 1.54) is 7.11 Å². The van der Waals surface area contributed by atoms with Crippen LogP contribution in [0.1, 0.15) is 52.4 Å². The maximum absolute atomic E-state index is 13.1. The highest BCUT2D eigenvalue weighted by molar-refractivity contribution is 9.09. The zero-order chi connectivity index (χ0) is 28.6. The van der Waals surface area contributed by atoms with Crippen molar-refractivity contribution in [1.82, 2.24) is 20.8 Å². The normalized spacial score (nSPS) is 13.0. The van der Waals surface area contributed by atoms with Crippen LogP contribution in [-0.4, -0.2) is 63.8 Å². The second-order valence-corrected chi connectivity index (χ2v) is 10.7. The lowest BCUT2D eigenvalue weighted by Crippen LogP contribution is -2.54. The van der Waals surface area contributed by atoms with Crippen molar-refractivity contribution in [2.75, 3.05) is 12.4 Å². The Morgan fingerprint density at radius 1 is 1.13 bits per heavy atom. The molecular weight excluding hydrogens is 560 g/mol. The molecule has 1 heterocycles. The maximum atomic E-state index is 13.1. The fourth-order valence-electron chi connectivity index (χ4n) is 3.55. The summed E-state index contributed by atoms with van der Waals surface area (Å²) >= 11 is 3.09. The smallest absolute Gasteiger partial charge is 0.308 e. The van der Waals surface area contributed by atoms with Gasteiger partial charge >= 0.3 is 5.97 Å². The molecule has 2 amide bonds. The van der Waals surface area contributed by atoms with E-state index in [0.29, 0.717) is 28.6 Å². The molecule has 2 atom stereocenters. The van der Waals surface area contributed by atoms with Crippen LogP contribution in [0.15, 0.2) is 22.7 Å². The van der Waals surface area contributed by atoms with Gasteiger partial charge in [0.15, 0.2) is 11.6 Å². The quantitative estimate of drug-likeness (QED) is 0.279. The average Bonchev–Trinajstić information content (AvgIpc) is 3.26. The summed E-state index contributed by atoms with van der Waals surface area (Å²) in [6, 6.07) is 3.08. The summed E-state index contributed by atoms with van der Waals surface area (Å²) in [6.07, 6.45) is -0.423. The van der Waals surface area contributed by atoms with E-state index in [9.17, 15) is 19.2 Å². The van der Waals surface area contributed by atoms with Gasteiger partial charge in [-0.05, 0) is 51.8 Å². The highest BCUT2D eigenvalue weighted by Gasteiger charge is 2.31. The van der Waals surface area contributed by atoms with Gasteiger partial charge in [0.05, 0.1) is 31.3 Å². The summed E-state index contributed by atoms with van der Waals surface area (Å²) in [5.41, 5.74) is 0.433. The van der Waals surface area contributed by atoms with E-state index in [-0.39, 0.29) is 24.1 Å². The molecule has 2 rings (SSSR count). The number of esters is 1. The Morgan fingerprint density at radius 3 is 2.34 bits per heavy atom. The summed E-state index contributed by atoms with van der Waals surface area (Å²) < 4.78 is 15.9. The fourth-order valence-corrected chi connectivity index (χ4v) is 3.94. The number of rotatable bonds is 12. The number of Topliss-reactive ketones (excluding diaryl/α,β-unsaturated/α-hetero) is 1. The molecule has 38 heavy (non-hydrogen) atoms. The van der Waals surface area contributed by atoms with Crippen LogP contribution in [0.5, 0.6) is 5.75 Å². The van der Waals surface area contributed by atoms with Gasteiger partial charge in [-0.2, -0.15) is 4.98 Å². The van der Waals surface area contributed by atoms with Gasteiger partial charge in [-0.3, -0.25) is 19.2 Å². The number of hydrogen-bond donors (Lipinski definition) is 2. The molecule has 1 aromatic carbocycles. The van der Waals surface area contributed by atoms with Gasteiger partial charge in [0.1, 0.15) is 17.4 Å². The third-order valence-electron chi connectivity index (χ3n) is 5.30. The highest BCUT2D eigenvalue weighted by atomic mass is 79.9. The topological polar surface area (TPSA) is 150 Å². The number of carbonyl (C=O) groups is 4. The van der Waals surface area contributed by atoms with Crippen molar-refractivity contribution in [2.24, 2.45) is 5.92 Å². The van der Waals surface area contributed by atoms with E-state index in [0.717, 1.165) is 0 Å². The summed E-state index contributed by atoms with van der Waals surface area (Å²) in [6.45, 7) is 10.4. The van der Waals surface area contributed by atoms with E-state index in [2.05, 4.69) is 36.7 Å². The van der Waals surface area contributed by atoms with Crippen molar-refractivity contribution in [1.29, 1.82) is 0 Å². The van der Waals surface area contributed by atoms with Crippen LogP contribution in [0.4, 0.5) is 0 Å². The molecule has 0 aliphatic carbocycles. The Morgan fingerprint density at radius 2 is 1.82 bits per heavy atom. The van der Waals surface area contributed by atoms with Crippen LogP contribution in [-0.2, 0) is 30.3 Å². The van der Waals surface area contributed by atoms with Gasteiger partial charge in [0, 0.05) is 11.1 Å². The second-order valence-electron chi connectivity index (χ2n) is 10.1. The molecule has 12 heteroatoms. The number of methoxy groups -OCH3 is 1. The first-order chi connectivity index (χ1) is 17.7. The zero-order valence-electron chi connectivity index (χ0n) is 22.7. The number of benzene rings is 1. The molecule has 2 aromatic rings. The number of aromatic nitrogens is 2. The number of ketones is 1. The Kier molecular flexibility index (Phi) is 11.0. The Hall–Kier alpha value is -3.28. The first-order valence-corrected chi connectivity index (χ1v) is 13.2. The number of halogens is 1. The molecule has 0 saturated heterocycles. The lowest BCUT2D eigenvalue weighted by Gasteiger charge is -2.26. The molecule has 0 fully saturated rings. The van der Waals surface area contributed by atoms with Crippen molar-refractivity contribution < 1.29 is 33.2 Å². The molecule has 11 nitrogen and oxygen atoms in total. The van der Waals surface area contributed by atoms with Crippen molar-refractivity contribution >= 4 is 39.5 Å². The predicted octanol–water partition coefficient (Wildman–Crippen LogP) is 2.92. The molecule has 0 spiro atoms. The molecule has 0 aliphatic heterocycles. The number of hydrogen-bond acceptors (Lipinski definition) is 9. The zero-order valence-corrected chi connectivity index (χ0v) is 24.3. The van der Waals surface area contributed by atoms with Gasteiger partial charge in [0.2, 0.25) is 11.8 Å². The molecule has 0 unspecified atom stereocenters. The summed E-state index contributed by atoms with van der Waals surface area (Å²) in [4.78, 5) is 55.1. The minimum Gasteiger partial charge on any atom is -0.496 e. The molecule has 0 saturated carbocycles. The van der Waals surface area contributed by atoms with Crippen molar-refractivity contribution in [3.8, 4) is 17.2 Å². The van der Waals surface area contributed by atoms with E-state index < -0.39 is 41.3 Å². The first kappa shape index (κ1) is 30.9. The third-order valence-corrected chi connectivity index (χ3v) is 5.85. The lowest BCUT2D eigenvalue weighted by atomic mass is 10.0. The highest BCUT2D eigenvalue weighted by Crippen LogP contribution is 2.26. The van der Waals surface area contributed by atoms with Gasteiger partial charge < -0.3 is 24.6 Å². The largest absolute Gasteiger partial charge is 0.496 e. The van der Waals surface area contributed by atoms with Crippen molar-refractivity contribution in [2.45, 2.75) is 72.1 Å². The van der Waals surface area contributed by atoms with Crippen LogP contribution in [0.25, 0.3) is 11.5 Å². The van der Waals surface area contributed by atoms with E-state index >= 15 is 0 Å². The van der Waals surface area contributed by atoms with Crippen LogP contribution in [0.3, 0.4) is 0 Å². The van der Waals surface area contributed by atoms with Crippen LogP contribution < -0.4 is 15.4 Å². The van der Waals surface area contributed by atoms with E-state index in [1.54, 1.807) is 59.7 Å².